The van der Waals surface area contributed by atoms with Gasteiger partial charge in [-0.3, -0.25) is 9.78 Å². The molecule has 0 bridgehead atoms. The van der Waals surface area contributed by atoms with Gasteiger partial charge >= 0.3 is 0 Å². The Balaban J connectivity index is 1.50. The van der Waals surface area contributed by atoms with Crippen LogP contribution in [0.15, 0.2) is 67.0 Å². The van der Waals surface area contributed by atoms with Gasteiger partial charge in [-0.15, -0.1) is 0 Å². The second-order valence-corrected chi connectivity index (χ2v) is 7.11. The van der Waals surface area contributed by atoms with Crippen molar-refractivity contribution in [2.24, 2.45) is 0 Å². The molecule has 148 valence electrons. The van der Waals surface area contributed by atoms with E-state index in [2.05, 4.69) is 20.6 Å². The molecule has 1 aromatic carbocycles. The molecule has 2 aromatic heterocycles. The van der Waals surface area contributed by atoms with Crippen molar-refractivity contribution in [1.29, 1.82) is 0 Å². The van der Waals surface area contributed by atoms with Crippen LogP contribution in [0.5, 0.6) is 0 Å². The molecule has 8 heteroatoms. The standard InChI is InChI=1S/C21H20FN5OS/c22-14-6-1-2-7-15(14)25-18(28)10-13-27-20(17-9-5-12-24-17)19(26-21(27)29)16-8-3-4-11-23-16/h1-9,11-12,19-20,24H,10,13H2,(H,25,28)(H,26,29)/t19-,20-/m0/s1. The van der Waals surface area contributed by atoms with E-state index >= 15 is 0 Å². The van der Waals surface area contributed by atoms with Gasteiger partial charge < -0.3 is 20.5 Å². The molecular weight excluding hydrogens is 389 g/mol. The SMILES string of the molecule is O=C(CCN1C(=S)N[C@@H](c2ccccn2)[C@@H]1c1ccc[nH]1)Nc1ccccc1F. The maximum atomic E-state index is 13.8. The van der Waals surface area contributed by atoms with Gasteiger partial charge in [0.25, 0.3) is 0 Å². The van der Waals surface area contributed by atoms with E-state index in [0.29, 0.717) is 11.7 Å². The number of hydrogen-bond donors (Lipinski definition) is 3. The first-order valence-corrected chi connectivity index (χ1v) is 9.70. The molecule has 0 aliphatic carbocycles. The summed E-state index contributed by atoms with van der Waals surface area (Å²) >= 11 is 5.55. The maximum Gasteiger partial charge on any atom is 0.226 e. The van der Waals surface area contributed by atoms with E-state index < -0.39 is 5.82 Å². The second-order valence-electron chi connectivity index (χ2n) is 6.72. The Labute approximate surface area is 173 Å². The Morgan fingerprint density at radius 1 is 1.17 bits per heavy atom. The monoisotopic (exact) mass is 409 g/mol. The third kappa shape index (κ3) is 4.12. The van der Waals surface area contributed by atoms with Gasteiger partial charge in [-0.25, -0.2) is 4.39 Å². The fourth-order valence-electron chi connectivity index (χ4n) is 3.51. The number of nitrogens with zero attached hydrogens (tertiary/aromatic N) is 2. The summed E-state index contributed by atoms with van der Waals surface area (Å²) in [5, 5.41) is 6.50. The minimum atomic E-state index is -0.460. The van der Waals surface area contributed by atoms with Gasteiger partial charge in [0.05, 0.1) is 23.5 Å². The van der Waals surface area contributed by atoms with Gasteiger partial charge in [0, 0.05) is 31.1 Å². The van der Waals surface area contributed by atoms with Crippen LogP contribution in [0.1, 0.15) is 29.9 Å². The zero-order chi connectivity index (χ0) is 20.2. The number of hydrogen-bond acceptors (Lipinski definition) is 3. The third-order valence-corrected chi connectivity index (χ3v) is 5.22. The zero-order valence-electron chi connectivity index (χ0n) is 15.5. The van der Waals surface area contributed by atoms with Gasteiger partial charge in [0.15, 0.2) is 5.11 Å². The molecule has 0 radical (unpaired) electrons. The van der Waals surface area contributed by atoms with E-state index in [-0.39, 0.29) is 30.1 Å². The first-order valence-electron chi connectivity index (χ1n) is 9.29. The molecule has 3 heterocycles. The molecule has 3 N–H and O–H groups in total. The van der Waals surface area contributed by atoms with Crippen molar-refractivity contribution in [2.45, 2.75) is 18.5 Å². The molecule has 29 heavy (non-hydrogen) atoms. The van der Waals surface area contributed by atoms with Crippen LogP contribution in [0.2, 0.25) is 0 Å². The lowest BCUT2D eigenvalue weighted by Gasteiger charge is -2.26. The number of carbonyl (C=O) groups is 1. The molecule has 0 spiro atoms. The summed E-state index contributed by atoms with van der Waals surface area (Å²) < 4.78 is 13.8. The van der Waals surface area contributed by atoms with E-state index in [4.69, 9.17) is 12.2 Å². The van der Waals surface area contributed by atoms with Crippen LogP contribution >= 0.6 is 12.2 Å². The molecule has 1 saturated heterocycles. The van der Waals surface area contributed by atoms with Gasteiger partial charge in [-0.2, -0.15) is 0 Å². The molecule has 3 aromatic rings. The summed E-state index contributed by atoms with van der Waals surface area (Å²) in [5.74, 6) is -0.733. The molecule has 0 unspecified atom stereocenters. The van der Waals surface area contributed by atoms with E-state index in [1.165, 1.54) is 12.1 Å². The number of amides is 1. The average molecular weight is 409 g/mol. The van der Waals surface area contributed by atoms with Crippen molar-refractivity contribution in [2.75, 3.05) is 11.9 Å². The molecular formula is C21H20FN5OS. The van der Waals surface area contributed by atoms with Crippen LogP contribution in [0.3, 0.4) is 0 Å². The molecule has 4 rings (SSSR count). The second kappa shape index (κ2) is 8.40. The minimum absolute atomic E-state index is 0.131. The van der Waals surface area contributed by atoms with Crippen LogP contribution in [0.25, 0.3) is 0 Å². The number of carbonyl (C=O) groups excluding carboxylic acids is 1. The maximum absolute atomic E-state index is 13.8. The Hall–Kier alpha value is -3.26. The highest BCUT2D eigenvalue weighted by atomic mass is 32.1. The number of aromatic amines is 1. The summed E-state index contributed by atoms with van der Waals surface area (Å²) in [4.78, 5) is 22.1. The number of nitrogens with one attached hydrogen (secondary N) is 3. The normalized spacial score (nSPS) is 18.5. The Bertz CT molecular complexity index is 995. The number of benzene rings is 1. The summed E-state index contributed by atoms with van der Waals surface area (Å²) in [6.07, 6.45) is 3.77. The number of pyridine rings is 1. The summed E-state index contributed by atoms with van der Waals surface area (Å²) in [6, 6.07) is 15.5. The molecule has 1 aliphatic heterocycles. The van der Waals surface area contributed by atoms with Gasteiger partial charge in [-0.1, -0.05) is 18.2 Å². The first-order chi connectivity index (χ1) is 14.1. The topological polar surface area (TPSA) is 73.0 Å². The largest absolute Gasteiger partial charge is 0.363 e. The lowest BCUT2D eigenvalue weighted by atomic mass is 10.0. The quantitative estimate of drug-likeness (QED) is 0.543. The highest BCUT2D eigenvalue weighted by Gasteiger charge is 2.40. The smallest absolute Gasteiger partial charge is 0.226 e. The predicted octanol–water partition coefficient (Wildman–Crippen LogP) is 3.55. The summed E-state index contributed by atoms with van der Waals surface area (Å²) in [5.41, 5.74) is 2.02. The highest BCUT2D eigenvalue weighted by Crippen LogP contribution is 2.37. The number of H-pyrrole nitrogens is 1. The summed E-state index contributed by atoms with van der Waals surface area (Å²) in [7, 11) is 0. The lowest BCUT2D eigenvalue weighted by molar-refractivity contribution is -0.116. The van der Waals surface area contributed by atoms with Gasteiger partial charge in [-0.05, 0) is 48.6 Å². The predicted molar refractivity (Wildman–Crippen MR) is 113 cm³/mol. The number of para-hydroxylation sites is 1. The van der Waals surface area contributed by atoms with Crippen LogP contribution in [0, 0.1) is 5.82 Å². The number of rotatable bonds is 6. The van der Waals surface area contributed by atoms with Crippen molar-refractivity contribution in [1.82, 2.24) is 20.2 Å². The molecule has 1 aliphatic rings. The van der Waals surface area contributed by atoms with E-state index in [1.54, 1.807) is 18.3 Å². The van der Waals surface area contributed by atoms with E-state index in [9.17, 15) is 9.18 Å². The van der Waals surface area contributed by atoms with Crippen molar-refractivity contribution in [3.8, 4) is 0 Å². The van der Waals surface area contributed by atoms with Crippen molar-refractivity contribution < 1.29 is 9.18 Å². The van der Waals surface area contributed by atoms with Crippen LogP contribution in [-0.2, 0) is 4.79 Å². The van der Waals surface area contributed by atoms with Gasteiger partial charge in [0.1, 0.15) is 5.82 Å². The Morgan fingerprint density at radius 3 is 2.72 bits per heavy atom. The fourth-order valence-corrected chi connectivity index (χ4v) is 3.84. The molecule has 2 atom stereocenters. The zero-order valence-corrected chi connectivity index (χ0v) is 16.3. The molecule has 1 fully saturated rings. The fraction of sp³-hybridized carbons (Fsp3) is 0.190. The molecule has 1 amide bonds. The lowest BCUT2D eigenvalue weighted by Crippen LogP contribution is -2.32. The van der Waals surface area contributed by atoms with Crippen LogP contribution in [0.4, 0.5) is 10.1 Å². The number of aromatic nitrogens is 2. The van der Waals surface area contributed by atoms with Crippen molar-refractivity contribution in [3.63, 3.8) is 0 Å². The Kier molecular flexibility index (Phi) is 5.53. The first kappa shape index (κ1) is 19.1. The Morgan fingerprint density at radius 2 is 2.00 bits per heavy atom. The highest BCUT2D eigenvalue weighted by molar-refractivity contribution is 7.80. The van der Waals surface area contributed by atoms with Crippen LogP contribution < -0.4 is 10.6 Å². The number of halogens is 1. The molecule has 0 saturated carbocycles. The van der Waals surface area contributed by atoms with Crippen LogP contribution in [-0.4, -0.2) is 32.4 Å². The number of anilines is 1. The average Bonchev–Trinajstić information content (AvgIpc) is 3.36. The van der Waals surface area contributed by atoms with E-state index in [1.807, 2.05) is 41.4 Å². The molecule has 6 nitrogen and oxygen atoms in total. The minimum Gasteiger partial charge on any atom is -0.363 e. The summed E-state index contributed by atoms with van der Waals surface area (Å²) in [6.45, 7) is 0.388. The van der Waals surface area contributed by atoms with Gasteiger partial charge in [0.2, 0.25) is 5.91 Å². The van der Waals surface area contributed by atoms with E-state index in [0.717, 1.165) is 11.4 Å². The third-order valence-electron chi connectivity index (χ3n) is 4.87. The van der Waals surface area contributed by atoms with Crippen molar-refractivity contribution in [3.05, 3.63) is 84.2 Å². The number of thiocarbonyl (C=S) groups is 1. The van der Waals surface area contributed by atoms with Crippen molar-refractivity contribution >= 4 is 28.9 Å².